The molecule has 1 heterocycles. The highest BCUT2D eigenvalue weighted by Gasteiger charge is 2.34. The van der Waals surface area contributed by atoms with E-state index in [4.69, 9.17) is 6.42 Å². The van der Waals surface area contributed by atoms with Gasteiger partial charge in [0.15, 0.2) is 5.76 Å². The van der Waals surface area contributed by atoms with Gasteiger partial charge in [0.1, 0.15) is 0 Å². The molecule has 1 aromatic heterocycles. The van der Waals surface area contributed by atoms with Crippen molar-refractivity contribution in [2.24, 2.45) is 0 Å². The van der Waals surface area contributed by atoms with E-state index in [-0.39, 0.29) is 5.76 Å². The van der Waals surface area contributed by atoms with E-state index < -0.39 is 11.9 Å². The standard InChI is InChI=1S/C7H3F3O/c1-2-5-3-4-6(11-5)7(8,9)10/h1,3-4H. The molecule has 1 nitrogen and oxygen atoms in total. The van der Waals surface area contributed by atoms with Crippen molar-refractivity contribution in [3.63, 3.8) is 0 Å². The molecule has 4 heteroatoms. The van der Waals surface area contributed by atoms with Crippen LogP contribution in [0.25, 0.3) is 0 Å². The van der Waals surface area contributed by atoms with Gasteiger partial charge in [-0.3, -0.25) is 0 Å². The molecule has 0 saturated heterocycles. The van der Waals surface area contributed by atoms with Gasteiger partial charge in [0.05, 0.1) is 0 Å². The fourth-order valence-corrected chi connectivity index (χ4v) is 0.568. The lowest BCUT2D eigenvalue weighted by Gasteiger charge is -1.99. The van der Waals surface area contributed by atoms with Crippen LogP contribution in [0.5, 0.6) is 0 Å². The number of alkyl halides is 3. The van der Waals surface area contributed by atoms with Crippen molar-refractivity contribution in [2.75, 3.05) is 0 Å². The average Bonchev–Trinajstić information content (AvgIpc) is 2.32. The largest absolute Gasteiger partial charge is 0.449 e. The highest BCUT2D eigenvalue weighted by Crippen LogP contribution is 2.30. The molecule has 58 valence electrons. The monoisotopic (exact) mass is 160 g/mol. The Balaban J connectivity index is 3.01. The summed E-state index contributed by atoms with van der Waals surface area (Å²) in [5, 5.41) is 0. The molecule has 1 rings (SSSR count). The molecule has 0 saturated carbocycles. The van der Waals surface area contributed by atoms with Crippen LogP contribution in [-0.2, 0) is 6.18 Å². The molecule has 0 aromatic carbocycles. The highest BCUT2D eigenvalue weighted by molar-refractivity contribution is 5.23. The van der Waals surface area contributed by atoms with Gasteiger partial charge in [0.25, 0.3) is 0 Å². The Labute approximate surface area is 60.8 Å². The molecule has 0 fully saturated rings. The first-order valence-electron chi connectivity index (χ1n) is 2.67. The summed E-state index contributed by atoms with van der Waals surface area (Å²) in [5.74, 6) is 0.775. The van der Waals surface area contributed by atoms with Crippen LogP contribution in [0.2, 0.25) is 0 Å². The molecule has 0 spiro atoms. The van der Waals surface area contributed by atoms with Crippen molar-refractivity contribution in [3.05, 3.63) is 23.7 Å². The normalized spacial score (nSPS) is 11.1. The summed E-state index contributed by atoms with van der Waals surface area (Å²) in [6.07, 6.45) is 0.346. The predicted octanol–water partition coefficient (Wildman–Crippen LogP) is 2.28. The third kappa shape index (κ3) is 1.55. The number of terminal acetylenes is 1. The van der Waals surface area contributed by atoms with Crippen LogP contribution in [0.15, 0.2) is 16.5 Å². The third-order valence-corrected chi connectivity index (χ3v) is 1.03. The maximum Gasteiger partial charge on any atom is 0.449 e. The first-order chi connectivity index (χ1) is 5.04. The van der Waals surface area contributed by atoms with Crippen molar-refractivity contribution in [2.45, 2.75) is 6.18 Å². The fourth-order valence-electron chi connectivity index (χ4n) is 0.568. The molecular formula is C7H3F3O. The predicted molar refractivity (Wildman–Crippen MR) is 31.6 cm³/mol. The minimum absolute atomic E-state index is 0.114. The summed E-state index contributed by atoms with van der Waals surface area (Å²) >= 11 is 0. The third-order valence-electron chi connectivity index (χ3n) is 1.03. The van der Waals surface area contributed by atoms with Crippen LogP contribution < -0.4 is 0 Å². The van der Waals surface area contributed by atoms with Crippen molar-refractivity contribution < 1.29 is 17.6 Å². The zero-order chi connectivity index (χ0) is 8.48. The van der Waals surface area contributed by atoms with Crippen LogP contribution in [-0.4, -0.2) is 0 Å². The van der Waals surface area contributed by atoms with Gasteiger partial charge in [-0.15, -0.1) is 6.42 Å². The average molecular weight is 160 g/mol. The quantitative estimate of drug-likeness (QED) is 0.530. The molecule has 0 amide bonds. The minimum atomic E-state index is -4.45. The Hall–Kier alpha value is -1.37. The van der Waals surface area contributed by atoms with Crippen LogP contribution in [0.4, 0.5) is 13.2 Å². The second-order valence-electron chi connectivity index (χ2n) is 1.81. The zero-order valence-corrected chi connectivity index (χ0v) is 5.27. The van der Waals surface area contributed by atoms with Crippen LogP contribution in [0.3, 0.4) is 0 Å². The first kappa shape index (κ1) is 7.73. The number of furan rings is 1. The summed E-state index contributed by atoms with van der Waals surface area (Å²) in [4.78, 5) is 0. The molecule has 11 heavy (non-hydrogen) atoms. The van der Waals surface area contributed by atoms with Gasteiger partial charge in [0, 0.05) is 0 Å². The minimum Gasteiger partial charge on any atom is -0.443 e. The van der Waals surface area contributed by atoms with Gasteiger partial charge in [-0.05, 0) is 18.1 Å². The van der Waals surface area contributed by atoms with Crippen molar-refractivity contribution in [3.8, 4) is 12.3 Å². The lowest BCUT2D eigenvalue weighted by molar-refractivity contribution is -0.153. The number of hydrogen-bond acceptors (Lipinski definition) is 1. The van der Waals surface area contributed by atoms with Crippen molar-refractivity contribution >= 4 is 0 Å². The summed E-state index contributed by atoms with van der Waals surface area (Å²) in [5.41, 5.74) is 0. The van der Waals surface area contributed by atoms with Gasteiger partial charge in [-0.1, -0.05) is 0 Å². The van der Waals surface area contributed by atoms with E-state index in [9.17, 15) is 13.2 Å². The Bertz CT molecular complexity index is 289. The molecule has 0 N–H and O–H groups in total. The van der Waals surface area contributed by atoms with E-state index in [0.717, 1.165) is 12.1 Å². The fraction of sp³-hybridized carbons (Fsp3) is 0.143. The molecule has 0 aliphatic rings. The Morgan fingerprint density at radius 1 is 1.36 bits per heavy atom. The Kier molecular flexibility index (Phi) is 1.65. The van der Waals surface area contributed by atoms with Crippen molar-refractivity contribution in [1.29, 1.82) is 0 Å². The number of rotatable bonds is 0. The maximum absolute atomic E-state index is 11.8. The Morgan fingerprint density at radius 2 is 2.00 bits per heavy atom. The highest BCUT2D eigenvalue weighted by atomic mass is 19.4. The topological polar surface area (TPSA) is 13.1 Å². The number of hydrogen-bond donors (Lipinski definition) is 0. The molecule has 0 atom stereocenters. The van der Waals surface area contributed by atoms with Gasteiger partial charge in [-0.25, -0.2) is 0 Å². The summed E-state index contributed by atoms with van der Waals surface area (Å²) in [6.45, 7) is 0. The lowest BCUT2D eigenvalue weighted by Crippen LogP contribution is -2.01. The van der Waals surface area contributed by atoms with Gasteiger partial charge in [0.2, 0.25) is 5.76 Å². The van der Waals surface area contributed by atoms with Crippen LogP contribution in [0.1, 0.15) is 11.5 Å². The van der Waals surface area contributed by atoms with Gasteiger partial charge >= 0.3 is 6.18 Å². The molecule has 0 bridgehead atoms. The number of halogens is 3. The lowest BCUT2D eigenvalue weighted by atomic mass is 10.4. The van der Waals surface area contributed by atoms with Crippen molar-refractivity contribution in [1.82, 2.24) is 0 Å². The molecule has 0 radical (unpaired) electrons. The summed E-state index contributed by atoms with van der Waals surface area (Å²) < 4.78 is 39.6. The van der Waals surface area contributed by atoms with E-state index in [1.54, 1.807) is 0 Å². The molecular weight excluding hydrogens is 157 g/mol. The van der Waals surface area contributed by atoms with Gasteiger partial charge < -0.3 is 4.42 Å². The second kappa shape index (κ2) is 2.35. The van der Waals surface area contributed by atoms with E-state index in [1.807, 2.05) is 5.92 Å². The Morgan fingerprint density at radius 3 is 2.27 bits per heavy atom. The SMILES string of the molecule is C#Cc1ccc(C(F)(F)F)o1. The van der Waals surface area contributed by atoms with E-state index >= 15 is 0 Å². The van der Waals surface area contributed by atoms with Crippen LogP contribution >= 0.6 is 0 Å². The van der Waals surface area contributed by atoms with E-state index in [1.165, 1.54) is 0 Å². The molecule has 0 unspecified atom stereocenters. The zero-order valence-electron chi connectivity index (χ0n) is 5.27. The second-order valence-corrected chi connectivity index (χ2v) is 1.81. The molecule has 0 aliphatic carbocycles. The van der Waals surface area contributed by atoms with Crippen LogP contribution in [0, 0.1) is 12.3 Å². The smallest absolute Gasteiger partial charge is 0.443 e. The van der Waals surface area contributed by atoms with E-state index in [0.29, 0.717) is 0 Å². The first-order valence-corrected chi connectivity index (χ1v) is 2.67. The summed E-state index contributed by atoms with van der Waals surface area (Å²) in [7, 11) is 0. The molecule has 0 aliphatic heterocycles. The summed E-state index contributed by atoms with van der Waals surface area (Å²) in [6, 6.07) is 1.90. The maximum atomic E-state index is 11.8. The van der Waals surface area contributed by atoms with Gasteiger partial charge in [-0.2, -0.15) is 13.2 Å². The molecule has 1 aromatic rings. The van der Waals surface area contributed by atoms with E-state index in [2.05, 4.69) is 4.42 Å².